The van der Waals surface area contributed by atoms with Crippen LogP contribution in [0.3, 0.4) is 0 Å². The van der Waals surface area contributed by atoms with Crippen LogP contribution < -0.4 is 9.73 Å². The summed E-state index contributed by atoms with van der Waals surface area (Å²) < 4.78 is 26.7. The van der Waals surface area contributed by atoms with E-state index in [-0.39, 0.29) is 6.54 Å². The SMILES string of the molecule is CCc1ccccc1N(CC(=O)N/N=C(\C)c1ccc(I)cc1)S(C)(=O)=O. The molecule has 0 aromatic heterocycles. The van der Waals surface area contributed by atoms with E-state index >= 15 is 0 Å². The smallest absolute Gasteiger partial charge is 0.260 e. The molecular formula is C19H22IN3O3S. The molecule has 1 N–H and O–H groups in total. The van der Waals surface area contributed by atoms with Gasteiger partial charge in [-0.1, -0.05) is 37.3 Å². The molecule has 0 radical (unpaired) electrons. The molecule has 0 aliphatic rings. The predicted octanol–water partition coefficient (Wildman–Crippen LogP) is 3.16. The van der Waals surface area contributed by atoms with Crippen LogP contribution in [0.15, 0.2) is 53.6 Å². The van der Waals surface area contributed by atoms with Gasteiger partial charge in [-0.25, -0.2) is 13.8 Å². The highest BCUT2D eigenvalue weighted by atomic mass is 127. The summed E-state index contributed by atoms with van der Waals surface area (Å²) in [4.78, 5) is 12.3. The quantitative estimate of drug-likeness (QED) is 0.361. The van der Waals surface area contributed by atoms with Crippen LogP contribution in [-0.2, 0) is 21.2 Å². The summed E-state index contributed by atoms with van der Waals surface area (Å²) in [5.74, 6) is -0.504. The van der Waals surface area contributed by atoms with E-state index in [1.54, 1.807) is 19.1 Å². The van der Waals surface area contributed by atoms with Crippen LogP contribution in [0, 0.1) is 3.57 Å². The zero-order valence-electron chi connectivity index (χ0n) is 15.4. The van der Waals surface area contributed by atoms with Crippen LogP contribution in [0.2, 0.25) is 0 Å². The number of hydrazone groups is 1. The Morgan fingerprint density at radius 1 is 1.15 bits per heavy atom. The number of para-hydroxylation sites is 1. The number of benzene rings is 2. The predicted molar refractivity (Wildman–Crippen MR) is 118 cm³/mol. The molecule has 0 atom stereocenters. The minimum atomic E-state index is -3.62. The zero-order chi connectivity index (χ0) is 20.0. The molecule has 0 unspecified atom stereocenters. The van der Waals surface area contributed by atoms with Crippen LogP contribution in [0.4, 0.5) is 5.69 Å². The summed E-state index contributed by atoms with van der Waals surface area (Å²) >= 11 is 2.21. The van der Waals surface area contributed by atoms with E-state index in [9.17, 15) is 13.2 Å². The second kappa shape index (κ2) is 9.32. The molecule has 0 bridgehead atoms. The fourth-order valence-corrected chi connectivity index (χ4v) is 3.75. The normalized spacial score (nSPS) is 11.9. The van der Waals surface area contributed by atoms with Gasteiger partial charge in [0.25, 0.3) is 5.91 Å². The lowest BCUT2D eigenvalue weighted by molar-refractivity contribution is -0.119. The number of nitrogens with zero attached hydrogens (tertiary/aromatic N) is 2. The number of amides is 1. The van der Waals surface area contributed by atoms with E-state index in [1.807, 2.05) is 43.3 Å². The van der Waals surface area contributed by atoms with Crippen LogP contribution in [0.1, 0.15) is 25.0 Å². The molecule has 8 heteroatoms. The summed E-state index contributed by atoms with van der Waals surface area (Å²) in [5, 5.41) is 4.09. The lowest BCUT2D eigenvalue weighted by Gasteiger charge is -2.23. The van der Waals surface area contributed by atoms with E-state index in [0.717, 1.165) is 25.3 Å². The molecule has 6 nitrogen and oxygen atoms in total. The Balaban J connectivity index is 2.17. The van der Waals surface area contributed by atoms with Crippen molar-refractivity contribution in [2.75, 3.05) is 17.1 Å². The Morgan fingerprint density at radius 3 is 2.37 bits per heavy atom. The molecule has 0 aliphatic heterocycles. The van der Waals surface area contributed by atoms with Gasteiger partial charge in [0.15, 0.2) is 0 Å². The first-order chi connectivity index (χ1) is 12.7. The third-order valence-electron chi connectivity index (χ3n) is 3.94. The molecule has 144 valence electrons. The molecule has 2 aromatic carbocycles. The van der Waals surface area contributed by atoms with Gasteiger partial charge in [0, 0.05) is 3.57 Å². The number of carbonyl (C=O) groups excluding carboxylic acids is 1. The number of aryl methyl sites for hydroxylation is 1. The summed E-state index contributed by atoms with van der Waals surface area (Å²) in [6.07, 6.45) is 1.75. The summed E-state index contributed by atoms with van der Waals surface area (Å²) in [6, 6.07) is 14.9. The topological polar surface area (TPSA) is 78.8 Å². The average molecular weight is 499 g/mol. The number of rotatable bonds is 7. The highest BCUT2D eigenvalue weighted by Gasteiger charge is 2.22. The van der Waals surface area contributed by atoms with Crippen molar-refractivity contribution in [2.45, 2.75) is 20.3 Å². The maximum absolute atomic E-state index is 12.3. The summed E-state index contributed by atoms with van der Waals surface area (Å²) in [6.45, 7) is 3.39. The first kappa shape index (κ1) is 21.4. The number of sulfonamides is 1. The molecule has 1 amide bonds. The lowest BCUT2D eigenvalue weighted by atomic mass is 10.1. The van der Waals surface area contributed by atoms with E-state index in [4.69, 9.17) is 0 Å². The minimum Gasteiger partial charge on any atom is -0.271 e. The average Bonchev–Trinajstić information content (AvgIpc) is 2.63. The molecule has 2 aromatic rings. The Hall–Kier alpha value is -1.94. The Morgan fingerprint density at radius 2 is 1.78 bits per heavy atom. The van der Waals surface area contributed by atoms with Gasteiger partial charge < -0.3 is 0 Å². The van der Waals surface area contributed by atoms with Crippen molar-refractivity contribution in [3.8, 4) is 0 Å². The van der Waals surface area contributed by atoms with Crippen molar-refractivity contribution in [3.05, 3.63) is 63.2 Å². The van der Waals surface area contributed by atoms with Gasteiger partial charge in [-0.2, -0.15) is 5.10 Å². The van der Waals surface area contributed by atoms with E-state index in [0.29, 0.717) is 17.8 Å². The molecule has 0 spiro atoms. The molecule has 0 fully saturated rings. The largest absolute Gasteiger partial charge is 0.271 e. The first-order valence-corrected chi connectivity index (χ1v) is 11.3. The highest BCUT2D eigenvalue weighted by Crippen LogP contribution is 2.23. The molecule has 27 heavy (non-hydrogen) atoms. The molecule has 2 rings (SSSR count). The third kappa shape index (κ3) is 6.03. The van der Waals surface area contributed by atoms with E-state index in [1.165, 1.54) is 0 Å². The molecular weight excluding hydrogens is 477 g/mol. The number of hydrogen-bond donors (Lipinski definition) is 1. The number of halogens is 1. The molecule has 0 aliphatic carbocycles. The van der Waals surface area contributed by atoms with Crippen molar-refractivity contribution >= 4 is 49.9 Å². The number of anilines is 1. The van der Waals surface area contributed by atoms with Gasteiger partial charge in [-0.15, -0.1) is 0 Å². The van der Waals surface area contributed by atoms with Crippen LogP contribution >= 0.6 is 22.6 Å². The summed E-state index contributed by atoms with van der Waals surface area (Å²) in [5.41, 5.74) is 5.33. The second-order valence-corrected chi connectivity index (χ2v) is 9.14. The van der Waals surface area contributed by atoms with Crippen molar-refractivity contribution in [1.29, 1.82) is 0 Å². The van der Waals surface area contributed by atoms with Crippen molar-refractivity contribution < 1.29 is 13.2 Å². The zero-order valence-corrected chi connectivity index (χ0v) is 18.4. The molecule has 0 heterocycles. The van der Waals surface area contributed by atoms with E-state index < -0.39 is 15.9 Å². The van der Waals surface area contributed by atoms with Crippen molar-refractivity contribution in [3.63, 3.8) is 0 Å². The van der Waals surface area contributed by atoms with Gasteiger partial charge in [-0.3, -0.25) is 9.10 Å². The number of carbonyl (C=O) groups is 1. The third-order valence-corrected chi connectivity index (χ3v) is 5.78. The number of nitrogens with one attached hydrogen (secondary N) is 1. The standard InChI is InChI=1S/C19H22IN3O3S/c1-4-15-7-5-6-8-18(15)23(27(3,25)26)13-19(24)22-21-14(2)16-9-11-17(20)12-10-16/h5-12H,4,13H2,1-3H3,(H,22,24)/b21-14+. The van der Waals surface area contributed by atoms with Gasteiger partial charge in [0.05, 0.1) is 17.7 Å². The second-order valence-electron chi connectivity index (χ2n) is 5.99. The van der Waals surface area contributed by atoms with E-state index in [2.05, 4.69) is 33.1 Å². The fourth-order valence-electron chi connectivity index (χ4n) is 2.50. The lowest BCUT2D eigenvalue weighted by Crippen LogP contribution is -2.39. The Bertz CT molecular complexity index is 941. The van der Waals surface area contributed by atoms with Gasteiger partial charge in [-0.05, 0) is 65.3 Å². The van der Waals surface area contributed by atoms with Crippen LogP contribution in [-0.4, -0.2) is 32.8 Å². The number of hydrogen-bond acceptors (Lipinski definition) is 4. The highest BCUT2D eigenvalue weighted by molar-refractivity contribution is 14.1. The molecule has 0 saturated heterocycles. The minimum absolute atomic E-state index is 0.334. The molecule has 0 saturated carbocycles. The van der Waals surface area contributed by atoms with Crippen LogP contribution in [0.5, 0.6) is 0 Å². The Kier molecular flexibility index (Phi) is 7.37. The maximum Gasteiger partial charge on any atom is 0.260 e. The van der Waals surface area contributed by atoms with Crippen molar-refractivity contribution in [1.82, 2.24) is 5.43 Å². The first-order valence-electron chi connectivity index (χ1n) is 8.37. The maximum atomic E-state index is 12.3. The van der Waals surface area contributed by atoms with Gasteiger partial charge in [0.1, 0.15) is 6.54 Å². The van der Waals surface area contributed by atoms with Crippen LogP contribution in [0.25, 0.3) is 0 Å². The van der Waals surface area contributed by atoms with Gasteiger partial charge in [0.2, 0.25) is 10.0 Å². The monoisotopic (exact) mass is 499 g/mol. The Labute approximate surface area is 173 Å². The van der Waals surface area contributed by atoms with Crippen molar-refractivity contribution in [2.24, 2.45) is 5.10 Å². The van der Waals surface area contributed by atoms with Gasteiger partial charge >= 0.3 is 0 Å². The summed E-state index contributed by atoms with van der Waals surface area (Å²) in [7, 11) is -3.62. The fraction of sp³-hybridized carbons (Fsp3) is 0.263.